The van der Waals surface area contributed by atoms with Gasteiger partial charge in [-0.05, 0) is 39.7 Å². The Labute approximate surface area is 109 Å². The van der Waals surface area contributed by atoms with Gasteiger partial charge in [0.05, 0.1) is 12.2 Å². The van der Waals surface area contributed by atoms with Gasteiger partial charge < -0.3 is 11.1 Å². The monoisotopic (exact) mass is 291 g/mol. The molecule has 0 bridgehead atoms. The average Bonchev–Trinajstić information content (AvgIpc) is 2.38. The van der Waals surface area contributed by atoms with Crippen LogP contribution >= 0.6 is 15.9 Å². The summed E-state index contributed by atoms with van der Waals surface area (Å²) < 4.78 is 1.05. The van der Waals surface area contributed by atoms with E-state index in [1.165, 1.54) is 0 Å². The molecule has 0 unspecified atom stereocenters. The summed E-state index contributed by atoms with van der Waals surface area (Å²) in [5, 5.41) is 3.34. The van der Waals surface area contributed by atoms with Gasteiger partial charge in [0.2, 0.25) is 0 Å². The highest BCUT2D eigenvalue weighted by Gasteiger charge is 2.02. The molecular weight excluding hydrogens is 278 g/mol. The minimum Gasteiger partial charge on any atom is -0.378 e. The molecule has 1 aromatic heterocycles. The predicted molar refractivity (Wildman–Crippen MR) is 73.6 cm³/mol. The molecule has 17 heavy (non-hydrogen) atoms. The molecule has 0 aliphatic carbocycles. The molecule has 0 amide bonds. The molecule has 2 aromatic rings. The molecule has 0 saturated heterocycles. The van der Waals surface area contributed by atoms with Crippen molar-refractivity contribution < 1.29 is 0 Å². The Kier molecular flexibility index (Phi) is 4.12. The molecule has 0 atom stereocenters. The Morgan fingerprint density at radius 3 is 2.76 bits per heavy atom. The molecule has 88 valence electrons. The fraction of sp³-hybridized carbons (Fsp3) is 0.154. The van der Waals surface area contributed by atoms with E-state index in [9.17, 15) is 0 Å². The average molecular weight is 292 g/mol. The van der Waals surface area contributed by atoms with Crippen molar-refractivity contribution in [2.24, 2.45) is 5.73 Å². The van der Waals surface area contributed by atoms with E-state index in [4.69, 9.17) is 5.73 Å². The van der Waals surface area contributed by atoms with Gasteiger partial charge in [-0.2, -0.15) is 0 Å². The maximum absolute atomic E-state index is 5.67. The summed E-state index contributed by atoms with van der Waals surface area (Å²) in [7, 11) is 0. The van der Waals surface area contributed by atoms with E-state index in [1.807, 2.05) is 36.4 Å². The van der Waals surface area contributed by atoms with Crippen LogP contribution in [-0.2, 0) is 13.1 Å². The van der Waals surface area contributed by atoms with E-state index in [0.29, 0.717) is 13.1 Å². The largest absolute Gasteiger partial charge is 0.378 e. The van der Waals surface area contributed by atoms with Gasteiger partial charge in [0, 0.05) is 22.9 Å². The number of nitrogens with two attached hydrogens (primary N) is 1. The number of halogens is 1. The van der Waals surface area contributed by atoms with Crippen LogP contribution in [0.1, 0.15) is 11.3 Å². The van der Waals surface area contributed by atoms with Gasteiger partial charge in [0.1, 0.15) is 0 Å². The summed E-state index contributed by atoms with van der Waals surface area (Å²) in [6, 6.07) is 11.9. The summed E-state index contributed by atoms with van der Waals surface area (Å²) in [5.41, 5.74) is 8.80. The highest BCUT2D eigenvalue weighted by atomic mass is 79.9. The van der Waals surface area contributed by atoms with Crippen molar-refractivity contribution in [2.75, 3.05) is 5.32 Å². The summed E-state index contributed by atoms with van der Waals surface area (Å²) >= 11 is 3.50. The Morgan fingerprint density at radius 2 is 2.00 bits per heavy atom. The molecule has 0 saturated carbocycles. The lowest BCUT2D eigenvalue weighted by Crippen LogP contribution is -2.08. The van der Waals surface area contributed by atoms with Crippen molar-refractivity contribution in [3.8, 4) is 0 Å². The topological polar surface area (TPSA) is 50.9 Å². The lowest BCUT2D eigenvalue weighted by molar-refractivity contribution is 0.951. The highest BCUT2D eigenvalue weighted by Crippen LogP contribution is 2.21. The third-order valence-corrected chi connectivity index (χ3v) is 3.22. The summed E-state index contributed by atoms with van der Waals surface area (Å²) in [4.78, 5) is 4.34. The van der Waals surface area contributed by atoms with Crippen LogP contribution in [-0.4, -0.2) is 4.98 Å². The SMILES string of the molecule is NCc1cccnc1CNc1ccccc1Br. The van der Waals surface area contributed by atoms with Crippen LogP contribution in [0.5, 0.6) is 0 Å². The summed E-state index contributed by atoms with van der Waals surface area (Å²) in [6.07, 6.45) is 1.79. The van der Waals surface area contributed by atoms with Gasteiger partial charge in [0.25, 0.3) is 0 Å². The first-order valence-electron chi connectivity index (χ1n) is 5.42. The van der Waals surface area contributed by atoms with E-state index >= 15 is 0 Å². The van der Waals surface area contributed by atoms with E-state index in [0.717, 1.165) is 21.4 Å². The van der Waals surface area contributed by atoms with Gasteiger partial charge in [-0.1, -0.05) is 18.2 Å². The van der Waals surface area contributed by atoms with Crippen molar-refractivity contribution in [3.63, 3.8) is 0 Å². The molecule has 0 aliphatic heterocycles. The molecule has 3 nitrogen and oxygen atoms in total. The zero-order valence-electron chi connectivity index (χ0n) is 9.36. The number of benzene rings is 1. The number of para-hydroxylation sites is 1. The van der Waals surface area contributed by atoms with Crippen molar-refractivity contribution in [2.45, 2.75) is 13.1 Å². The van der Waals surface area contributed by atoms with Crippen molar-refractivity contribution >= 4 is 21.6 Å². The zero-order valence-corrected chi connectivity index (χ0v) is 10.9. The number of hydrogen-bond donors (Lipinski definition) is 2. The van der Waals surface area contributed by atoms with Crippen molar-refractivity contribution in [1.82, 2.24) is 4.98 Å². The summed E-state index contributed by atoms with van der Waals surface area (Å²) in [5.74, 6) is 0. The van der Waals surface area contributed by atoms with Crippen LogP contribution < -0.4 is 11.1 Å². The second-order valence-electron chi connectivity index (χ2n) is 3.65. The first-order valence-corrected chi connectivity index (χ1v) is 6.22. The van der Waals surface area contributed by atoms with E-state index in [1.54, 1.807) is 6.20 Å². The van der Waals surface area contributed by atoms with Gasteiger partial charge in [-0.25, -0.2) is 0 Å². The smallest absolute Gasteiger partial charge is 0.0639 e. The van der Waals surface area contributed by atoms with Crippen molar-refractivity contribution in [3.05, 3.63) is 58.3 Å². The van der Waals surface area contributed by atoms with Gasteiger partial charge in [0.15, 0.2) is 0 Å². The first kappa shape index (κ1) is 12.1. The maximum Gasteiger partial charge on any atom is 0.0639 e. The number of hydrogen-bond acceptors (Lipinski definition) is 3. The molecule has 1 aromatic carbocycles. The number of nitrogens with one attached hydrogen (secondary N) is 1. The van der Waals surface area contributed by atoms with Gasteiger partial charge in [-0.3, -0.25) is 4.98 Å². The van der Waals surface area contributed by atoms with Crippen LogP contribution in [0.25, 0.3) is 0 Å². The second-order valence-corrected chi connectivity index (χ2v) is 4.50. The first-order chi connectivity index (χ1) is 8.31. The van der Waals surface area contributed by atoms with Crippen LogP contribution in [0.2, 0.25) is 0 Å². The number of rotatable bonds is 4. The fourth-order valence-corrected chi connectivity index (χ4v) is 2.02. The molecule has 0 radical (unpaired) electrons. The standard InChI is InChI=1S/C13H14BrN3/c14-11-5-1-2-6-12(11)17-9-13-10(8-15)4-3-7-16-13/h1-7,17H,8-9,15H2. The Morgan fingerprint density at radius 1 is 1.18 bits per heavy atom. The normalized spacial score (nSPS) is 10.2. The van der Waals surface area contributed by atoms with Crippen LogP contribution in [0.4, 0.5) is 5.69 Å². The number of pyridine rings is 1. The number of anilines is 1. The van der Waals surface area contributed by atoms with Crippen LogP contribution in [0.15, 0.2) is 47.1 Å². The fourth-order valence-electron chi connectivity index (χ4n) is 1.60. The molecular formula is C13H14BrN3. The lowest BCUT2D eigenvalue weighted by atomic mass is 10.2. The summed E-state index contributed by atoms with van der Waals surface area (Å²) in [6.45, 7) is 1.19. The van der Waals surface area contributed by atoms with E-state index < -0.39 is 0 Å². The van der Waals surface area contributed by atoms with Gasteiger partial charge >= 0.3 is 0 Å². The number of nitrogens with zero attached hydrogens (tertiary/aromatic N) is 1. The second kappa shape index (κ2) is 5.80. The Bertz CT molecular complexity index is 500. The predicted octanol–water partition coefficient (Wildman–Crippen LogP) is 2.91. The van der Waals surface area contributed by atoms with Crippen LogP contribution in [0.3, 0.4) is 0 Å². The minimum atomic E-state index is 0.515. The molecule has 0 fully saturated rings. The van der Waals surface area contributed by atoms with E-state index in [-0.39, 0.29) is 0 Å². The Balaban J connectivity index is 2.10. The van der Waals surface area contributed by atoms with Gasteiger partial charge in [-0.15, -0.1) is 0 Å². The lowest BCUT2D eigenvalue weighted by Gasteiger charge is -2.10. The molecule has 3 N–H and O–H groups in total. The molecule has 0 aliphatic rings. The molecule has 1 heterocycles. The van der Waals surface area contributed by atoms with Crippen molar-refractivity contribution in [1.29, 1.82) is 0 Å². The van der Waals surface area contributed by atoms with Crippen LogP contribution in [0, 0.1) is 0 Å². The molecule has 2 rings (SSSR count). The van der Waals surface area contributed by atoms with E-state index in [2.05, 4.69) is 26.2 Å². The third-order valence-electron chi connectivity index (χ3n) is 2.52. The maximum atomic E-state index is 5.67. The quantitative estimate of drug-likeness (QED) is 0.911. The minimum absolute atomic E-state index is 0.515. The third kappa shape index (κ3) is 3.05. The Hall–Kier alpha value is -1.39. The number of aromatic nitrogens is 1. The molecule has 0 spiro atoms. The highest BCUT2D eigenvalue weighted by molar-refractivity contribution is 9.10. The zero-order chi connectivity index (χ0) is 12.1. The molecule has 4 heteroatoms.